The van der Waals surface area contributed by atoms with Gasteiger partial charge in [0.1, 0.15) is 0 Å². The van der Waals surface area contributed by atoms with Gasteiger partial charge >= 0.3 is 0 Å². The van der Waals surface area contributed by atoms with E-state index in [4.69, 9.17) is 0 Å². The van der Waals surface area contributed by atoms with E-state index in [0.717, 1.165) is 17.3 Å². The van der Waals surface area contributed by atoms with Crippen LogP contribution < -0.4 is 0 Å². The lowest BCUT2D eigenvalue weighted by atomic mass is 10.0. The largest absolute Gasteiger partial charge is 0.0992 e. The summed E-state index contributed by atoms with van der Waals surface area (Å²) in [4.78, 5) is 0. The minimum atomic E-state index is 1.01. The first-order valence-electron chi connectivity index (χ1n) is 4.37. The van der Waals surface area contributed by atoms with Crippen LogP contribution in [0.15, 0.2) is 40.9 Å². The van der Waals surface area contributed by atoms with Gasteiger partial charge in [0.25, 0.3) is 0 Å². The lowest BCUT2D eigenvalue weighted by Crippen LogP contribution is -1.89. The van der Waals surface area contributed by atoms with Crippen LogP contribution in [0.3, 0.4) is 0 Å². The van der Waals surface area contributed by atoms with Crippen molar-refractivity contribution in [2.24, 2.45) is 0 Å². The van der Waals surface area contributed by atoms with Crippen molar-refractivity contribution in [1.29, 1.82) is 0 Å². The smallest absolute Gasteiger partial charge is 0.0181 e. The highest BCUT2D eigenvalue weighted by Crippen LogP contribution is 2.24. The van der Waals surface area contributed by atoms with E-state index in [-0.39, 0.29) is 0 Å². The molecule has 0 saturated heterocycles. The second-order valence-corrected chi connectivity index (χ2v) is 4.29. The molecule has 1 aliphatic rings. The fourth-order valence-corrected chi connectivity index (χ4v) is 1.95. The highest BCUT2D eigenvalue weighted by molar-refractivity contribution is 9.10. The molecule has 1 aliphatic carbocycles. The molecule has 0 spiro atoms. The zero-order valence-corrected chi connectivity index (χ0v) is 8.97. The van der Waals surface area contributed by atoms with E-state index < -0.39 is 0 Å². The number of benzene rings is 1. The zero-order valence-electron chi connectivity index (χ0n) is 7.39. The first-order valence-corrected chi connectivity index (χ1v) is 5.16. The molecule has 1 aromatic rings. The lowest BCUT2D eigenvalue weighted by Gasteiger charge is -2.04. The second-order valence-electron chi connectivity index (χ2n) is 3.38. The summed E-state index contributed by atoms with van der Waals surface area (Å²) >= 11 is 3.47. The number of hydrogen-bond donors (Lipinski definition) is 0. The van der Waals surface area contributed by atoms with Crippen LogP contribution in [0, 0.1) is 0 Å². The van der Waals surface area contributed by atoms with Crippen molar-refractivity contribution in [2.75, 3.05) is 0 Å². The molecule has 0 nitrogen and oxygen atoms in total. The van der Waals surface area contributed by atoms with E-state index in [1.54, 1.807) is 0 Å². The van der Waals surface area contributed by atoms with Crippen molar-refractivity contribution in [3.05, 3.63) is 52.0 Å². The molecule has 1 heteroatoms. The van der Waals surface area contributed by atoms with E-state index in [1.807, 2.05) is 0 Å². The minimum absolute atomic E-state index is 1.01. The maximum absolute atomic E-state index is 4.03. The summed E-state index contributed by atoms with van der Waals surface area (Å²) in [7, 11) is 0. The van der Waals surface area contributed by atoms with Crippen LogP contribution in [0.5, 0.6) is 0 Å². The van der Waals surface area contributed by atoms with E-state index in [0.29, 0.717) is 0 Å². The van der Waals surface area contributed by atoms with Gasteiger partial charge in [-0.25, -0.2) is 0 Å². The van der Waals surface area contributed by atoms with Gasteiger partial charge in [0, 0.05) is 4.47 Å². The van der Waals surface area contributed by atoms with E-state index >= 15 is 0 Å². The van der Waals surface area contributed by atoms with Gasteiger partial charge in [-0.15, -0.1) is 0 Å². The lowest BCUT2D eigenvalue weighted by molar-refractivity contribution is 1.09. The SMILES string of the molecule is C=C1CC=Cc2cc(Br)ccc2C1. The highest BCUT2D eigenvalue weighted by Gasteiger charge is 2.05. The van der Waals surface area contributed by atoms with Crippen molar-refractivity contribution in [3.63, 3.8) is 0 Å². The molecule has 0 atom stereocenters. The molecule has 0 radical (unpaired) electrons. The van der Waals surface area contributed by atoms with Crippen LogP contribution in [-0.4, -0.2) is 0 Å². The summed E-state index contributed by atoms with van der Waals surface area (Å²) in [6.07, 6.45) is 6.38. The number of hydrogen-bond acceptors (Lipinski definition) is 0. The van der Waals surface area contributed by atoms with E-state index in [1.165, 1.54) is 16.7 Å². The normalized spacial score (nSPS) is 15.3. The fourth-order valence-electron chi connectivity index (χ4n) is 1.58. The molecule has 0 saturated carbocycles. The van der Waals surface area contributed by atoms with Crippen LogP contribution in [0.2, 0.25) is 0 Å². The van der Waals surface area contributed by atoms with Crippen LogP contribution in [0.1, 0.15) is 17.5 Å². The van der Waals surface area contributed by atoms with Gasteiger partial charge < -0.3 is 0 Å². The van der Waals surface area contributed by atoms with Crippen molar-refractivity contribution < 1.29 is 0 Å². The van der Waals surface area contributed by atoms with Gasteiger partial charge in [-0.3, -0.25) is 0 Å². The monoisotopic (exact) mass is 234 g/mol. The number of allylic oxidation sites excluding steroid dienone is 2. The number of fused-ring (bicyclic) bond motifs is 1. The molecule has 0 fully saturated rings. The molecule has 1 aromatic carbocycles. The summed E-state index contributed by atoms with van der Waals surface area (Å²) < 4.78 is 1.14. The zero-order chi connectivity index (χ0) is 9.26. The summed E-state index contributed by atoms with van der Waals surface area (Å²) in [6, 6.07) is 6.41. The van der Waals surface area contributed by atoms with Gasteiger partial charge in [-0.1, -0.05) is 46.3 Å². The number of halogens is 1. The van der Waals surface area contributed by atoms with Gasteiger partial charge in [-0.05, 0) is 36.1 Å². The summed E-state index contributed by atoms with van der Waals surface area (Å²) in [6.45, 7) is 4.03. The predicted octanol–water partition coefficient (Wildman–Crippen LogP) is 3.96. The Morgan fingerprint density at radius 3 is 3.00 bits per heavy atom. The van der Waals surface area contributed by atoms with Gasteiger partial charge in [0.05, 0.1) is 0 Å². The standard InChI is InChI=1S/C12H11Br/c1-9-3-2-4-10-8-12(13)6-5-11(10)7-9/h2,4-6,8H,1,3,7H2. The molecule has 0 unspecified atom stereocenters. The molecule has 0 heterocycles. The Balaban J connectivity index is 2.49. The molecule has 0 aromatic heterocycles. The van der Waals surface area contributed by atoms with Crippen molar-refractivity contribution in [2.45, 2.75) is 12.8 Å². The Labute approximate surface area is 87.1 Å². The average Bonchev–Trinajstić information content (AvgIpc) is 2.25. The van der Waals surface area contributed by atoms with Gasteiger partial charge in [0.15, 0.2) is 0 Å². The fraction of sp³-hybridized carbons (Fsp3) is 0.167. The third kappa shape index (κ3) is 1.92. The number of rotatable bonds is 0. The van der Waals surface area contributed by atoms with E-state index in [2.05, 4.69) is 52.9 Å². The van der Waals surface area contributed by atoms with Crippen LogP contribution >= 0.6 is 15.9 Å². The molecule has 0 bridgehead atoms. The molecule has 0 amide bonds. The van der Waals surface area contributed by atoms with Crippen molar-refractivity contribution in [3.8, 4) is 0 Å². The Morgan fingerprint density at radius 1 is 1.31 bits per heavy atom. The molecular weight excluding hydrogens is 224 g/mol. The van der Waals surface area contributed by atoms with Crippen LogP contribution in [-0.2, 0) is 6.42 Å². The first kappa shape index (κ1) is 8.76. The molecule has 2 rings (SSSR count). The highest BCUT2D eigenvalue weighted by atomic mass is 79.9. The second kappa shape index (κ2) is 3.51. The molecule has 0 aliphatic heterocycles. The minimum Gasteiger partial charge on any atom is -0.0992 e. The summed E-state index contributed by atoms with van der Waals surface area (Å²) in [5.41, 5.74) is 3.98. The van der Waals surface area contributed by atoms with Crippen molar-refractivity contribution >= 4 is 22.0 Å². The van der Waals surface area contributed by atoms with E-state index in [9.17, 15) is 0 Å². The molecular formula is C12H11Br. The van der Waals surface area contributed by atoms with Crippen LogP contribution in [0.4, 0.5) is 0 Å². The summed E-state index contributed by atoms with van der Waals surface area (Å²) in [5.74, 6) is 0. The van der Waals surface area contributed by atoms with Crippen LogP contribution in [0.25, 0.3) is 6.08 Å². The molecule has 66 valence electrons. The topological polar surface area (TPSA) is 0 Å². The maximum Gasteiger partial charge on any atom is 0.0181 e. The third-order valence-electron chi connectivity index (χ3n) is 2.25. The van der Waals surface area contributed by atoms with Crippen molar-refractivity contribution in [1.82, 2.24) is 0 Å². The Hall–Kier alpha value is -0.820. The summed E-state index contributed by atoms with van der Waals surface area (Å²) in [5, 5.41) is 0. The molecule has 13 heavy (non-hydrogen) atoms. The maximum atomic E-state index is 4.03. The quantitative estimate of drug-likeness (QED) is 0.597. The average molecular weight is 235 g/mol. The Bertz CT molecular complexity index is 375. The molecule has 0 N–H and O–H groups in total. The Morgan fingerprint density at radius 2 is 2.15 bits per heavy atom. The van der Waals surface area contributed by atoms with Gasteiger partial charge in [-0.2, -0.15) is 0 Å². The Kier molecular flexibility index (Phi) is 2.36. The predicted molar refractivity (Wildman–Crippen MR) is 60.6 cm³/mol. The van der Waals surface area contributed by atoms with Gasteiger partial charge in [0.2, 0.25) is 0 Å². The third-order valence-corrected chi connectivity index (χ3v) is 2.75. The first-order chi connectivity index (χ1) is 6.25.